The Kier molecular flexibility index (Phi) is 3.04. The number of hydrogen-bond donors (Lipinski definition) is 0. The van der Waals surface area contributed by atoms with Crippen molar-refractivity contribution in [3.05, 3.63) is 12.2 Å². The highest BCUT2D eigenvalue weighted by Gasteiger charge is 2.87. The Morgan fingerprint density at radius 2 is 1.30 bits per heavy atom. The standard InChI is InChI=1S/C12H8F10O/c13-8(14)6-4-1-2-5(3-4)7(6)9(8,15)23-12(21,22)10(16,17)11(18,19)20/h1-2,4-7H,3H2/t4-,5+,6+,7+,9-/m0/s1. The lowest BCUT2D eigenvalue weighted by Crippen LogP contribution is -2.74. The first-order chi connectivity index (χ1) is 10.2. The molecule has 0 aromatic carbocycles. The zero-order valence-corrected chi connectivity index (χ0v) is 10.9. The van der Waals surface area contributed by atoms with Crippen LogP contribution in [0.4, 0.5) is 43.9 Å². The Labute approximate surface area is 122 Å². The monoisotopic (exact) mass is 358 g/mol. The van der Waals surface area contributed by atoms with Crippen LogP contribution in [0.2, 0.25) is 0 Å². The van der Waals surface area contributed by atoms with Gasteiger partial charge in [0.15, 0.2) is 0 Å². The van der Waals surface area contributed by atoms with E-state index in [-0.39, 0.29) is 6.42 Å². The second-order valence-electron chi connectivity index (χ2n) is 5.96. The molecule has 0 N–H and O–H groups in total. The molecule has 2 bridgehead atoms. The molecule has 0 aromatic rings. The van der Waals surface area contributed by atoms with Crippen LogP contribution in [-0.2, 0) is 4.74 Å². The van der Waals surface area contributed by atoms with Crippen LogP contribution in [0.5, 0.6) is 0 Å². The van der Waals surface area contributed by atoms with Crippen molar-refractivity contribution in [3.63, 3.8) is 0 Å². The maximum Gasteiger partial charge on any atom is 0.462 e. The van der Waals surface area contributed by atoms with Gasteiger partial charge in [-0.3, -0.25) is 4.74 Å². The lowest BCUT2D eigenvalue weighted by Gasteiger charge is -2.56. The lowest BCUT2D eigenvalue weighted by molar-refractivity contribution is -0.511. The summed E-state index contributed by atoms with van der Waals surface area (Å²) in [4.78, 5) is 0. The Morgan fingerprint density at radius 1 is 0.826 bits per heavy atom. The lowest BCUT2D eigenvalue weighted by atomic mass is 9.60. The van der Waals surface area contributed by atoms with Gasteiger partial charge in [-0.1, -0.05) is 12.2 Å². The number of allylic oxidation sites excluding steroid dienone is 2. The van der Waals surface area contributed by atoms with Gasteiger partial charge in [0.1, 0.15) is 0 Å². The second kappa shape index (κ2) is 4.15. The third kappa shape index (κ3) is 1.79. The summed E-state index contributed by atoms with van der Waals surface area (Å²) in [6, 6.07) is 0. The van der Waals surface area contributed by atoms with Crippen LogP contribution in [0.3, 0.4) is 0 Å². The highest BCUT2D eigenvalue weighted by Crippen LogP contribution is 2.72. The third-order valence-corrected chi connectivity index (χ3v) is 4.76. The molecule has 132 valence electrons. The molecule has 2 saturated carbocycles. The third-order valence-electron chi connectivity index (χ3n) is 4.76. The molecule has 1 nitrogen and oxygen atoms in total. The molecule has 0 saturated heterocycles. The number of alkyl halides is 10. The number of halogens is 10. The van der Waals surface area contributed by atoms with E-state index < -0.39 is 53.7 Å². The minimum Gasteiger partial charge on any atom is -0.271 e. The van der Waals surface area contributed by atoms with E-state index in [1.165, 1.54) is 12.2 Å². The molecule has 5 atom stereocenters. The highest BCUT2D eigenvalue weighted by atomic mass is 19.4. The SMILES string of the molecule is FC(F)(F)C(F)(F)C(F)(F)O[C@@]1(F)[C@H]2[C@@H]([C@H]3C=C[C@@H]2C3)C1(F)F. The quantitative estimate of drug-likeness (QED) is 0.532. The summed E-state index contributed by atoms with van der Waals surface area (Å²) >= 11 is 0. The van der Waals surface area contributed by atoms with Gasteiger partial charge in [-0.05, 0) is 18.3 Å². The Balaban J connectivity index is 1.92. The molecule has 3 aliphatic rings. The van der Waals surface area contributed by atoms with Crippen molar-refractivity contribution in [3.8, 4) is 0 Å². The Bertz CT molecular complexity index is 553. The van der Waals surface area contributed by atoms with Gasteiger partial charge in [-0.15, -0.1) is 0 Å². The molecule has 0 amide bonds. The molecule has 0 heterocycles. The smallest absolute Gasteiger partial charge is 0.271 e. The number of rotatable bonds is 3. The van der Waals surface area contributed by atoms with Gasteiger partial charge in [0, 0.05) is 11.8 Å². The highest BCUT2D eigenvalue weighted by molar-refractivity contribution is 5.28. The van der Waals surface area contributed by atoms with E-state index in [4.69, 9.17) is 0 Å². The topological polar surface area (TPSA) is 9.23 Å². The van der Waals surface area contributed by atoms with E-state index in [0.717, 1.165) is 0 Å². The van der Waals surface area contributed by atoms with E-state index in [1.54, 1.807) is 0 Å². The van der Waals surface area contributed by atoms with Gasteiger partial charge >= 0.3 is 24.1 Å². The number of ether oxygens (including phenoxy) is 1. The molecule has 2 fully saturated rings. The van der Waals surface area contributed by atoms with Crippen molar-refractivity contribution >= 4 is 0 Å². The molecule has 0 aromatic heterocycles. The minimum atomic E-state index is -6.81. The summed E-state index contributed by atoms with van der Waals surface area (Å²) in [5.41, 5.74) is 0. The predicted molar refractivity (Wildman–Crippen MR) is 53.5 cm³/mol. The van der Waals surface area contributed by atoms with E-state index >= 15 is 0 Å². The normalized spacial score (nSPS) is 41.8. The first-order valence-corrected chi connectivity index (χ1v) is 6.44. The van der Waals surface area contributed by atoms with Crippen molar-refractivity contribution in [2.75, 3.05) is 0 Å². The van der Waals surface area contributed by atoms with Crippen LogP contribution in [-0.4, -0.2) is 30.0 Å². The number of hydrogen-bond acceptors (Lipinski definition) is 1. The van der Waals surface area contributed by atoms with Gasteiger partial charge in [0.05, 0.1) is 0 Å². The van der Waals surface area contributed by atoms with Crippen molar-refractivity contribution < 1.29 is 48.6 Å². The minimum absolute atomic E-state index is 0.0127. The van der Waals surface area contributed by atoms with E-state index in [0.29, 0.717) is 0 Å². The molecule has 3 aliphatic carbocycles. The van der Waals surface area contributed by atoms with Gasteiger partial charge in [-0.2, -0.15) is 39.5 Å². The van der Waals surface area contributed by atoms with E-state index in [9.17, 15) is 43.9 Å². The largest absolute Gasteiger partial charge is 0.462 e. The van der Waals surface area contributed by atoms with Crippen molar-refractivity contribution in [2.24, 2.45) is 23.7 Å². The van der Waals surface area contributed by atoms with Gasteiger partial charge in [-0.25, -0.2) is 4.39 Å². The van der Waals surface area contributed by atoms with Crippen LogP contribution >= 0.6 is 0 Å². The average Bonchev–Trinajstić information content (AvgIpc) is 2.95. The summed E-state index contributed by atoms with van der Waals surface area (Å²) in [5.74, 6) is -21.4. The van der Waals surface area contributed by atoms with Crippen molar-refractivity contribution in [2.45, 2.75) is 36.4 Å². The molecule has 0 aliphatic heterocycles. The number of fused-ring (bicyclic) bond motifs is 5. The van der Waals surface area contributed by atoms with E-state index in [1.807, 2.05) is 0 Å². The predicted octanol–water partition coefficient (Wildman–Crippen LogP) is 4.55. The summed E-state index contributed by atoms with van der Waals surface area (Å²) in [7, 11) is 0. The van der Waals surface area contributed by atoms with Gasteiger partial charge < -0.3 is 0 Å². The summed E-state index contributed by atoms with van der Waals surface area (Å²) in [6.45, 7) is 0. The Morgan fingerprint density at radius 3 is 1.78 bits per heavy atom. The fourth-order valence-electron chi connectivity index (χ4n) is 3.73. The first-order valence-electron chi connectivity index (χ1n) is 6.44. The summed E-state index contributed by atoms with van der Waals surface area (Å²) in [6.07, 6.45) is -10.7. The molecule has 3 rings (SSSR count). The van der Waals surface area contributed by atoms with Crippen LogP contribution < -0.4 is 0 Å². The second-order valence-corrected chi connectivity index (χ2v) is 5.96. The molecular formula is C12H8F10O. The zero-order chi connectivity index (χ0) is 17.6. The molecule has 23 heavy (non-hydrogen) atoms. The van der Waals surface area contributed by atoms with Crippen LogP contribution in [0, 0.1) is 23.7 Å². The first kappa shape index (κ1) is 16.8. The Hall–Kier alpha value is -1.00. The maximum absolute atomic E-state index is 14.3. The molecule has 0 spiro atoms. The summed E-state index contributed by atoms with van der Waals surface area (Å²) in [5, 5.41) is 0. The van der Waals surface area contributed by atoms with Crippen molar-refractivity contribution in [1.29, 1.82) is 0 Å². The van der Waals surface area contributed by atoms with Gasteiger partial charge in [0.25, 0.3) is 5.85 Å². The van der Waals surface area contributed by atoms with Gasteiger partial charge in [0.2, 0.25) is 0 Å². The fraction of sp³-hybridized carbons (Fsp3) is 0.833. The van der Waals surface area contributed by atoms with Crippen molar-refractivity contribution in [1.82, 2.24) is 0 Å². The molecule has 0 unspecified atom stereocenters. The summed E-state index contributed by atoms with van der Waals surface area (Å²) < 4.78 is 133. The molecule has 0 radical (unpaired) electrons. The zero-order valence-electron chi connectivity index (χ0n) is 10.9. The molecule has 11 heteroatoms. The van der Waals surface area contributed by atoms with Crippen LogP contribution in [0.15, 0.2) is 12.2 Å². The maximum atomic E-state index is 14.3. The van der Waals surface area contributed by atoms with Crippen LogP contribution in [0.1, 0.15) is 6.42 Å². The fourth-order valence-corrected chi connectivity index (χ4v) is 3.73. The average molecular weight is 358 g/mol. The van der Waals surface area contributed by atoms with Crippen LogP contribution in [0.25, 0.3) is 0 Å². The van der Waals surface area contributed by atoms with E-state index in [2.05, 4.69) is 4.74 Å². The molecular weight excluding hydrogens is 350 g/mol.